The summed E-state index contributed by atoms with van der Waals surface area (Å²) in [5.41, 5.74) is 7.80. The maximum atomic E-state index is 12.3. The number of nitriles is 1. The first-order chi connectivity index (χ1) is 15.5. The number of primary amides is 1. The molecule has 3 rings (SSSR count). The Hall–Kier alpha value is -3.11. The largest absolute Gasteiger partial charge is 0.395 e. The lowest BCUT2D eigenvalue weighted by atomic mass is 10.1. The van der Waals surface area contributed by atoms with Crippen molar-refractivity contribution in [3.63, 3.8) is 0 Å². The zero-order valence-electron chi connectivity index (χ0n) is 18.0. The summed E-state index contributed by atoms with van der Waals surface area (Å²) in [4.78, 5) is 25.0. The van der Waals surface area contributed by atoms with Crippen LogP contribution < -0.4 is 10.6 Å². The van der Waals surface area contributed by atoms with Crippen molar-refractivity contribution in [1.82, 2.24) is 9.88 Å². The number of carbonyl (C=O) groups excluding carboxylic acids is 1. The standard InChI is InChI=1S/C23H26N6O2S/c1-3-17-18(15-24)23(32-20(21(25)31)16-7-5-4-6-8-16)27-22(19(17)26-2)29-11-9-28(10-12-29)13-14-30/h4-8,20,30H,3,9-14H2,1H3,(H2,25,31). The van der Waals surface area contributed by atoms with Crippen LogP contribution in [0.1, 0.15) is 28.9 Å². The Labute approximate surface area is 192 Å². The lowest BCUT2D eigenvalue weighted by molar-refractivity contribution is -0.117. The Morgan fingerprint density at radius 1 is 1.34 bits per heavy atom. The summed E-state index contributed by atoms with van der Waals surface area (Å²) in [7, 11) is 0. The number of anilines is 1. The minimum absolute atomic E-state index is 0.108. The molecule has 9 heteroatoms. The minimum Gasteiger partial charge on any atom is -0.395 e. The molecular formula is C23H26N6O2S. The summed E-state index contributed by atoms with van der Waals surface area (Å²) in [6, 6.07) is 11.4. The van der Waals surface area contributed by atoms with Gasteiger partial charge in [-0.25, -0.2) is 9.83 Å². The van der Waals surface area contributed by atoms with Gasteiger partial charge in [0.2, 0.25) is 11.6 Å². The molecule has 0 aliphatic carbocycles. The second-order valence-corrected chi connectivity index (χ2v) is 8.48. The van der Waals surface area contributed by atoms with Crippen molar-refractivity contribution in [1.29, 1.82) is 5.26 Å². The molecule has 1 amide bonds. The highest BCUT2D eigenvalue weighted by Crippen LogP contribution is 2.42. The van der Waals surface area contributed by atoms with E-state index in [2.05, 4.69) is 15.8 Å². The monoisotopic (exact) mass is 450 g/mol. The van der Waals surface area contributed by atoms with Gasteiger partial charge in [0.25, 0.3) is 0 Å². The molecule has 0 bridgehead atoms. The van der Waals surface area contributed by atoms with Gasteiger partial charge in [-0.15, -0.1) is 0 Å². The first-order valence-corrected chi connectivity index (χ1v) is 11.3. The predicted octanol–water partition coefficient (Wildman–Crippen LogP) is 2.50. The van der Waals surface area contributed by atoms with E-state index in [1.165, 1.54) is 0 Å². The van der Waals surface area contributed by atoms with E-state index in [1.807, 2.05) is 42.2 Å². The molecule has 3 N–H and O–H groups in total. The third-order valence-electron chi connectivity index (χ3n) is 5.48. The molecule has 2 aromatic rings. The number of amides is 1. The maximum Gasteiger partial charge on any atom is 0.235 e. The van der Waals surface area contributed by atoms with E-state index in [-0.39, 0.29) is 6.61 Å². The van der Waals surface area contributed by atoms with Crippen LogP contribution in [0.15, 0.2) is 35.4 Å². The molecule has 1 aliphatic heterocycles. The number of aliphatic hydroxyl groups is 1. The molecule has 0 saturated carbocycles. The number of carbonyl (C=O) groups is 1. The molecule has 1 fully saturated rings. The predicted molar refractivity (Wildman–Crippen MR) is 125 cm³/mol. The van der Waals surface area contributed by atoms with Crippen molar-refractivity contribution in [3.8, 4) is 6.07 Å². The maximum absolute atomic E-state index is 12.3. The lowest BCUT2D eigenvalue weighted by Gasteiger charge is -2.36. The third kappa shape index (κ3) is 5.03. The zero-order chi connectivity index (χ0) is 23.1. The number of hydrogen-bond acceptors (Lipinski definition) is 7. The van der Waals surface area contributed by atoms with Crippen LogP contribution in [-0.2, 0) is 11.2 Å². The van der Waals surface area contributed by atoms with Crippen LogP contribution in [0.25, 0.3) is 4.85 Å². The fourth-order valence-electron chi connectivity index (χ4n) is 3.82. The first kappa shape index (κ1) is 23.6. The van der Waals surface area contributed by atoms with Crippen molar-refractivity contribution >= 4 is 29.2 Å². The van der Waals surface area contributed by atoms with E-state index in [0.717, 1.165) is 30.4 Å². The third-order valence-corrected chi connectivity index (χ3v) is 6.74. The molecule has 1 aliphatic rings. The average Bonchev–Trinajstić information content (AvgIpc) is 2.82. The number of piperazine rings is 1. The fourth-order valence-corrected chi connectivity index (χ4v) is 4.88. The number of nitrogens with zero attached hydrogens (tertiary/aromatic N) is 5. The summed E-state index contributed by atoms with van der Waals surface area (Å²) in [5.74, 6) is 0.0247. The molecule has 166 valence electrons. The molecule has 32 heavy (non-hydrogen) atoms. The van der Waals surface area contributed by atoms with Crippen molar-refractivity contribution in [3.05, 3.63) is 58.4 Å². The molecule has 1 aromatic carbocycles. The van der Waals surface area contributed by atoms with Gasteiger partial charge in [-0.3, -0.25) is 9.69 Å². The van der Waals surface area contributed by atoms with Gasteiger partial charge >= 0.3 is 0 Å². The lowest BCUT2D eigenvalue weighted by Crippen LogP contribution is -2.47. The molecule has 0 spiro atoms. The molecule has 1 atom stereocenters. The van der Waals surface area contributed by atoms with Gasteiger partial charge in [0, 0.05) is 32.7 Å². The Morgan fingerprint density at radius 3 is 2.56 bits per heavy atom. The van der Waals surface area contributed by atoms with Crippen LogP contribution in [0, 0.1) is 17.9 Å². The quantitative estimate of drug-likeness (QED) is 0.469. The number of β-amino-alcohol motifs (C(OH)–C–C–N with tert-alkyl or cyclic N) is 1. The van der Waals surface area contributed by atoms with Crippen LogP contribution in [0.5, 0.6) is 0 Å². The number of pyridine rings is 1. The average molecular weight is 451 g/mol. The number of rotatable bonds is 8. The summed E-state index contributed by atoms with van der Waals surface area (Å²) in [5, 5.41) is 18.8. The second-order valence-electron chi connectivity index (χ2n) is 7.38. The van der Waals surface area contributed by atoms with Crippen molar-refractivity contribution in [2.24, 2.45) is 5.73 Å². The Bertz CT molecular complexity index is 1040. The molecule has 2 heterocycles. The van der Waals surface area contributed by atoms with Gasteiger partial charge in [0.05, 0.1) is 18.7 Å². The van der Waals surface area contributed by atoms with Gasteiger partial charge in [-0.05, 0) is 17.5 Å². The van der Waals surface area contributed by atoms with Gasteiger partial charge in [-0.1, -0.05) is 49.0 Å². The number of benzene rings is 1. The number of aromatic nitrogens is 1. The van der Waals surface area contributed by atoms with E-state index in [0.29, 0.717) is 53.7 Å². The smallest absolute Gasteiger partial charge is 0.235 e. The molecule has 0 radical (unpaired) electrons. The van der Waals surface area contributed by atoms with E-state index in [9.17, 15) is 15.2 Å². The molecule has 1 saturated heterocycles. The highest BCUT2D eigenvalue weighted by molar-refractivity contribution is 8.00. The number of aliphatic hydroxyl groups excluding tert-OH is 1. The van der Waals surface area contributed by atoms with E-state index >= 15 is 0 Å². The normalized spacial score (nSPS) is 15.1. The molecule has 1 aromatic heterocycles. The van der Waals surface area contributed by atoms with Crippen molar-refractivity contribution in [2.45, 2.75) is 23.6 Å². The van der Waals surface area contributed by atoms with Gasteiger partial charge < -0.3 is 15.7 Å². The Balaban J connectivity index is 2.04. The Kier molecular flexibility index (Phi) is 8.07. The first-order valence-electron chi connectivity index (χ1n) is 10.5. The fraction of sp³-hybridized carbons (Fsp3) is 0.391. The number of thioether (sulfide) groups is 1. The van der Waals surface area contributed by atoms with Crippen LogP contribution in [-0.4, -0.2) is 60.2 Å². The Morgan fingerprint density at radius 2 is 2.03 bits per heavy atom. The van der Waals surface area contributed by atoms with Crippen molar-refractivity contribution in [2.75, 3.05) is 44.2 Å². The number of nitrogens with two attached hydrogens (primary N) is 1. The van der Waals surface area contributed by atoms with E-state index in [1.54, 1.807) is 0 Å². The summed E-state index contributed by atoms with van der Waals surface area (Å²) < 4.78 is 0. The highest BCUT2D eigenvalue weighted by atomic mass is 32.2. The summed E-state index contributed by atoms with van der Waals surface area (Å²) in [6.45, 7) is 13.2. The van der Waals surface area contributed by atoms with Crippen molar-refractivity contribution < 1.29 is 9.90 Å². The van der Waals surface area contributed by atoms with Crippen LogP contribution in [0.4, 0.5) is 11.5 Å². The van der Waals surface area contributed by atoms with Crippen LogP contribution >= 0.6 is 11.8 Å². The van der Waals surface area contributed by atoms with E-state index in [4.69, 9.17) is 17.3 Å². The molecule has 8 nitrogen and oxygen atoms in total. The topological polar surface area (TPSA) is 111 Å². The SMILES string of the molecule is [C-]#[N+]c1c(N2CCN(CCO)CC2)nc(SC(C(N)=O)c2ccccc2)c(C#N)c1CC. The summed E-state index contributed by atoms with van der Waals surface area (Å²) >= 11 is 1.16. The molecular weight excluding hydrogens is 424 g/mol. The second kappa shape index (κ2) is 11.0. The molecule has 1 unspecified atom stereocenters. The van der Waals surface area contributed by atoms with Gasteiger partial charge in [-0.2, -0.15) is 5.26 Å². The minimum atomic E-state index is -0.700. The number of hydrogen-bond donors (Lipinski definition) is 2. The zero-order valence-corrected chi connectivity index (χ0v) is 18.8. The van der Waals surface area contributed by atoms with E-state index < -0.39 is 11.2 Å². The highest BCUT2D eigenvalue weighted by Gasteiger charge is 2.28. The van der Waals surface area contributed by atoms with Gasteiger partial charge in [0.1, 0.15) is 22.2 Å². The van der Waals surface area contributed by atoms with Crippen LogP contribution in [0.2, 0.25) is 0 Å². The summed E-state index contributed by atoms with van der Waals surface area (Å²) in [6.07, 6.45) is 0.501. The van der Waals surface area contributed by atoms with Gasteiger partial charge in [0.15, 0.2) is 0 Å². The van der Waals surface area contributed by atoms with Crippen LogP contribution in [0.3, 0.4) is 0 Å².